The van der Waals surface area contributed by atoms with Gasteiger partial charge in [0.25, 0.3) is 5.91 Å². The van der Waals surface area contributed by atoms with E-state index < -0.39 is 64.0 Å². The van der Waals surface area contributed by atoms with Crippen molar-refractivity contribution < 1.29 is 53.4 Å². The zero-order valence-corrected chi connectivity index (χ0v) is 21.6. The summed E-state index contributed by atoms with van der Waals surface area (Å²) in [7, 11) is 1.52. The summed E-state index contributed by atoms with van der Waals surface area (Å²) >= 11 is 12.0. The largest absolute Gasteiger partial charge is 0.573 e. The van der Waals surface area contributed by atoms with Crippen molar-refractivity contribution in [2.24, 2.45) is 0 Å². The van der Waals surface area contributed by atoms with E-state index in [0.29, 0.717) is 0 Å². The molecule has 0 radical (unpaired) electrons. The number of amides is 1. The van der Waals surface area contributed by atoms with Crippen molar-refractivity contribution in [2.75, 3.05) is 7.05 Å². The molecule has 0 unspecified atom stereocenters. The van der Waals surface area contributed by atoms with Crippen LogP contribution < -0.4 is 4.74 Å². The molecule has 2 aromatic heterocycles. The summed E-state index contributed by atoms with van der Waals surface area (Å²) in [6.07, 6.45) is -15.3. The summed E-state index contributed by atoms with van der Waals surface area (Å²) in [5.41, 5.74) is -10.2. The third-order valence-corrected chi connectivity index (χ3v) is 6.73. The number of ether oxygens (including phenoxy) is 1. The summed E-state index contributed by atoms with van der Waals surface area (Å²) in [6, 6.07) is 0.631. The second-order valence-electron chi connectivity index (χ2n) is 8.89. The molecule has 1 aromatic carbocycles. The van der Waals surface area contributed by atoms with Gasteiger partial charge in [-0.2, -0.15) is 31.4 Å². The van der Waals surface area contributed by atoms with Crippen LogP contribution >= 0.6 is 23.2 Å². The van der Waals surface area contributed by atoms with Gasteiger partial charge in [0.15, 0.2) is 0 Å². The van der Waals surface area contributed by atoms with E-state index in [1.54, 1.807) is 0 Å². The topological polar surface area (TPSA) is 71.1 Å². The number of benzene rings is 1. The SMILES string of the molecule is CN(C(=O)c1cc(-c2c[nH]nc2-c2c(Cl)cc(C(F)(C(F)(F)F)C(F)(F)F)cc2OC(F)(F)F)cnc1Cl)C1CC1. The second kappa shape index (κ2) is 10.2. The summed E-state index contributed by atoms with van der Waals surface area (Å²) in [5, 5.41) is 4.59. The van der Waals surface area contributed by atoms with Gasteiger partial charge in [-0.05, 0) is 31.0 Å². The lowest BCUT2D eigenvalue weighted by molar-refractivity contribution is -0.348. The van der Waals surface area contributed by atoms with Gasteiger partial charge in [0.2, 0.25) is 0 Å². The number of H-pyrrole nitrogens is 1. The van der Waals surface area contributed by atoms with Gasteiger partial charge >= 0.3 is 24.4 Å². The minimum Gasteiger partial charge on any atom is -0.405 e. The fraction of sp³-hybridized carbons (Fsp3) is 0.348. The normalized spacial score (nSPS) is 14.8. The maximum Gasteiger partial charge on any atom is 0.573 e. The lowest BCUT2D eigenvalue weighted by Gasteiger charge is -2.31. The monoisotopic (exact) mass is 638 g/mol. The molecule has 0 atom stereocenters. The molecule has 2 heterocycles. The molecule has 41 heavy (non-hydrogen) atoms. The highest BCUT2D eigenvalue weighted by molar-refractivity contribution is 6.34. The number of aromatic amines is 1. The summed E-state index contributed by atoms with van der Waals surface area (Å²) in [5.74, 6) is -2.26. The van der Waals surface area contributed by atoms with Crippen LogP contribution in [0, 0.1) is 0 Å². The number of nitrogens with zero attached hydrogens (tertiary/aromatic N) is 3. The van der Waals surface area contributed by atoms with Crippen molar-refractivity contribution >= 4 is 29.1 Å². The Morgan fingerprint density at radius 1 is 1.00 bits per heavy atom. The zero-order chi connectivity index (χ0) is 30.7. The number of pyridine rings is 1. The number of hydrogen-bond donors (Lipinski definition) is 1. The number of aromatic nitrogens is 3. The van der Waals surface area contributed by atoms with E-state index in [1.165, 1.54) is 18.0 Å². The average molecular weight is 639 g/mol. The maximum absolute atomic E-state index is 14.7. The highest BCUT2D eigenvalue weighted by Gasteiger charge is 2.73. The van der Waals surface area contributed by atoms with Crippen LogP contribution in [-0.4, -0.2) is 57.8 Å². The van der Waals surface area contributed by atoms with Crippen LogP contribution in [0.3, 0.4) is 0 Å². The Balaban J connectivity index is 1.91. The summed E-state index contributed by atoms with van der Waals surface area (Å²) in [6.45, 7) is 0. The van der Waals surface area contributed by atoms with Gasteiger partial charge in [0.1, 0.15) is 16.6 Å². The summed E-state index contributed by atoms with van der Waals surface area (Å²) < 4.78 is 138. The molecule has 1 amide bonds. The molecule has 0 bridgehead atoms. The van der Waals surface area contributed by atoms with Crippen molar-refractivity contribution in [3.8, 4) is 28.1 Å². The Bertz CT molecular complexity index is 1470. The molecule has 1 aliphatic rings. The van der Waals surface area contributed by atoms with Crippen LogP contribution in [0.1, 0.15) is 28.8 Å². The molecule has 0 saturated heterocycles. The smallest absolute Gasteiger partial charge is 0.405 e. The molecule has 3 aromatic rings. The molecule has 4 rings (SSSR count). The van der Waals surface area contributed by atoms with Crippen molar-refractivity contribution in [3.05, 3.63) is 51.9 Å². The Kier molecular flexibility index (Phi) is 7.65. The zero-order valence-electron chi connectivity index (χ0n) is 20.1. The Morgan fingerprint density at radius 3 is 2.15 bits per heavy atom. The number of nitrogens with one attached hydrogen (secondary N) is 1. The van der Waals surface area contributed by atoms with E-state index in [-0.39, 0.29) is 34.0 Å². The molecule has 6 nitrogen and oxygen atoms in total. The third kappa shape index (κ3) is 5.76. The quantitative estimate of drug-likeness (QED) is 0.220. The highest BCUT2D eigenvalue weighted by Crippen LogP contribution is 2.55. The van der Waals surface area contributed by atoms with Gasteiger partial charge in [-0.25, -0.2) is 9.37 Å². The number of alkyl halides is 10. The van der Waals surface area contributed by atoms with Gasteiger partial charge in [0, 0.05) is 42.2 Å². The number of halogens is 12. The molecule has 18 heteroatoms. The third-order valence-electron chi connectivity index (χ3n) is 6.13. The van der Waals surface area contributed by atoms with Crippen molar-refractivity contribution in [1.29, 1.82) is 0 Å². The molecular formula is C23H14Cl2F10N4O2. The van der Waals surface area contributed by atoms with Crippen LogP contribution in [0.4, 0.5) is 43.9 Å². The molecule has 1 fully saturated rings. The number of carbonyl (C=O) groups excluding carboxylic acids is 1. The Hall–Kier alpha value is -3.27. The lowest BCUT2D eigenvalue weighted by Crippen LogP contribution is -2.50. The Labute approximate surface area is 233 Å². The van der Waals surface area contributed by atoms with Crippen LogP contribution in [0.15, 0.2) is 30.6 Å². The lowest BCUT2D eigenvalue weighted by atomic mass is 9.91. The molecule has 1 saturated carbocycles. The molecule has 222 valence electrons. The number of carbonyl (C=O) groups is 1. The van der Waals surface area contributed by atoms with Gasteiger partial charge in [-0.15, -0.1) is 13.2 Å². The van der Waals surface area contributed by atoms with Crippen molar-refractivity contribution in [1.82, 2.24) is 20.1 Å². The number of rotatable bonds is 6. The van der Waals surface area contributed by atoms with E-state index >= 15 is 0 Å². The first-order valence-electron chi connectivity index (χ1n) is 11.2. The predicted molar refractivity (Wildman–Crippen MR) is 124 cm³/mol. The van der Waals surface area contributed by atoms with Gasteiger partial charge in [0.05, 0.1) is 16.1 Å². The highest BCUT2D eigenvalue weighted by atomic mass is 35.5. The fourth-order valence-electron chi connectivity index (χ4n) is 3.97. The standard InChI is InChI=1S/C23H14Cl2F10N4O2/c1-39(11-2-3-11)19(40)12-4-9(7-36-18(12)25)13-8-37-38-17(13)16-14(24)5-10(6-15(16)41-23(33,34)35)20(26,21(27,28)29)22(30,31)32/h4-8,11H,2-3H2,1H3,(H,37,38). The van der Waals surface area contributed by atoms with Gasteiger partial charge in [-0.1, -0.05) is 23.2 Å². The molecule has 1 aliphatic carbocycles. The van der Waals surface area contributed by atoms with E-state index in [2.05, 4.69) is 19.9 Å². The van der Waals surface area contributed by atoms with Crippen LogP contribution in [0.5, 0.6) is 5.75 Å². The molecular weight excluding hydrogens is 625 g/mol. The summed E-state index contributed by atoms with van der Waals surface area (Å²) in [4.78, 5) is 18.2. The molecule has 0 aliphatic heterocycles. The predicted octanol–water partition coefficient (Wildman–Crippen LogP) is 7.87. The molecule has 0 spiro atoms. The minimum atomic E-state index is -6.64. The van der Waals surface area contributed by atoms with Crippen molar-refractivity contribution in [2.45, 2.75) is 43.3 Å². The first-order chi connectivity index (χ1) is 18.8. The fourth-order valence-corrected chi connectivity index (χ4v) is 4.45. The minimum absolute atomic E-state index is 0.00535. The van der Waals surface area contributed by atoms with Crippen molar-refractivity contribution in [3.63, 3.8) is 0 Å². The van der Waals surface area contributed by atoms with Gasteiger partial charge < -0.3 is 9.64 Å². The van der Waals surface area contributed by atoms with Crippen LogP contribution in [0.2, 0.25) is 10.2 Å². The average Bonchev–Trinajstić information content (AvgIpc) is 3.58. The second-order valence-corrected chi connectivity index (χ2v) is 9.66. The van der Waals surface area contributed by atoms with E-state index in [0.717, 1.165) is 25.2 Å². The first-order valence-corrected chi connectivity index (χ1v) is 11.9. The Morgan fingerprint density at radius 2 is 1.61 bits per heavy atom. The molecule has 1 N–H and O–H groups in total. The number of hydrogen-bond acceptors (Lipinski definition) is 4. The van der Waals surface area contributed by atoms with E-state index in [4.69, 9.17) is 23.2 Å². The van der Waals surface area contributed by atoms with Crippen LogP contribution in [0.25, 0.3) is 22.4 Å². The van der Waals surface area contributed by atoms with Crippen LogP contribution in [-0.2, 0) is 5.67 Å². The van der Waals surface area contributed by atoms with Gasteiger partial charge in [-0.3, -0.25) is 9.89 Å². The first kappa shape index (κ1) is 30.7. The maximum atomic E-state index is 14.7. The van der Waals surface area contributed by atoms with E-state index in [9.17, 15) is 48.7 Å². The van der Waals surface area contributed by atoms with E-state index in [1.807, 2.05) is 0 Å².